The molecule has 1 aliphatic heterocycles. The highest BCUT2D eigenvalue weighted by molar-refractivity contribution is 5.94. The molecule has 3 N–H and O–H groups in total. The lowest BCUT2D eigenvalue weighted by Crippen LogP contribution is -2.45. The van der Waals surface area contributed by atoms with Gasteiger partial charge in [0.1, 0.15) is 17.7 Å². The Kier molecular flexibility index (Phi) is 7.86. The molecule has 0 atom stereocenters. The molecule has 0 spiro atoms. The van der Waals surface area contributed by atoms with Gasteiger partial charge in [-0.15, -0.1) is 0 Å². The molecule has 2 heterocycles. The van der Waals surface area contributed by atoms with Crippen LogP contribution in [0, 0.1) is 5.82 Å². The Balaban J connectivity index is 1.29. The average Bonchev–Trinajstić information content (AvgIpc) is 2.85. The van der Waals surface area contributed by atoms with E-state index in [4.69, 9.17) is 4.74 Å². The molecule has 4 rings (SSSR count). The molecule has 0 bridgehead atoms. The second-order valence-corrected chi connectivity index (χ2v) is 9.87. The Morgan fingerprint density at radius 3 is 2.22 bits per heavy atom. The van der Waals surface area contributed by atoms with E-state index < -0.39 is 6.09 Å². The quantitative estimate of drug-likeness (QED) is 0.420. The molecule has 1 aromatic heterocycles. The number of halogens is 1. The number of anilines is 4. The number of nitrogens with one attached hydrogen (secondary N) is 3. The highest BCUT2D eigenvalue weighted by atomic mass is 19.1. The van der Waals surface area contributed by atoms with E-state index in [2.05, 4.69) is 25.9 Å². The van der Waals surface area contributed by atoms with Crippen LogP contribution in [-0.4, -0.2) is 51.6 Å². The molecule has 10 heteroatoms. The maximum atomic E-state index is 13.1. The van der Waals surface area contributed by atoms with Crippen LogP contribution in [0.4, 0.5) is 32.3 Å². The van der Waals surface area contributed by atoms with Crippen molar-refractivity contribution in [3.05, 3.63) is 72.2 Å². The van der Waals surface area contributed by atoms with Crippen molar-refractivity contribution in [1.29, 1.82) is 0 Å². The maximum absolute atomic E-state index is 13.1. The Morgan fingerprint density at radius 2 is 1.57 bits per heavy atom. The van der Waals surface area contributed by atoms with E-state index in [1.165, 1.54) is 12.1 Å². The predicted octanol–water partition coefficient (Wildman–Crippen LogP) is 5.23. The fraction of sp³-hybridized carbons (Fsp3) is 0.333. The van der Waals surface area contributed by atoms with Gasteiger partial charge < -0.3 is 25.6 Å². The van der Waals surface area contributed by atoms with E-state index >= 15 is 0 Å². The first-order valence-corrected chi connectivity index (χ1v) is 12.2. The van der Waals surface area contributed by atoms with Crippen LogP contribution in [0.2, 0.25) is 0 Å². The minimum atomic E-state index is -0.430. The summed E-state index contributed by atoms with van der Waals surface area (Å²) in [7, 11) is 0. The first-order valence-electron chi connectivity index (χ1n) is 12.2. The SMILES string of the molecule is CC(C)(C)NC(=O)OC1CCN(C(=O)c2ccc(Nc3nccc(Nc4ccc(F)cc4)n3)cc2)CC1. The number of hydrogen-bond donors (Lipinski definition) is 3. The van der Waals surface area contributed by atoms with E-state index in [9.17, 15) is 14.0 Å². The Labute approximate surface area is 215 Å². The van der Waals surface area contributed by atoms with Crippen molar-refractivity contribution < 1.29 is 18.7 Å². The Hall–Kier alpha value is -4.21. The van der Waals surface area contributed by atoms with Gasteiger partial charge in [-0.3, -0.25) is 4.79 Å². The molecular weight excluding hydrogens is 475 g/mol. The number of aromatic nitrogens is 2. The van der Waals surface area contributed by atoms with Crippen LogP contribution in [-0.2, 0) is 4.74 Å². The summed E-state index contributed by atoms with van der Waals surface area (Å²) in [4.78, 5) is 35.4. The van der Waals surface area contributed by atoms with Gasteiger partial charge in [-0.25, -0.2) is 14.2 Å². The third-order valence-corrected chi connectivity index (χ3v) is 5.64. The molecular formula is C27H31FN6O3. The number of ether oxygens (including phenoxy) is 1. The van der Waals surface area contributed by atoms with Gasteiger partial charge in [0.05, 0.1) is 0 Å². The normalized spacial score (nSPS) is 14.1. The summed E-state index contributed by atoms with van der Waals surface area (Å²) in [6.07, 6.45) is 2.18. The van der Waals surface area contributed by atoms with E-state index in [1.54, 1.807) is 53.6 Å². The first kappa shape index (κ1) is 25.9. The van der Waals surface area contributed by atoms with Crippen LogP contribution in [0.3, 0.4) is 0 Å². The summed E-state index contributed by atoms with van der Waals surface area (Å²) in [6.45, 7) is 6.73. The second kappa shape index (κ2) is 11.2. The fourth-order valence-electron chi connectivity index (χ4n) is 3.84. The van der Waals surface area contributed by atoms with Gasteiger partial charge >= 0.3 is 6.09 Å². The summed E-state index contributed by atoms with van der Waals surface area (Å²) in [5.41, 5.74) is 1.65. The van der Waals surface area contributed by atoms with E-state index in [0.29, 0.717) is 48.9 Å². The van der Waals surface area contributed by atoms with Gasteiger partial charge in [0.25, 0.3) is 5.91 Å². The van der Waals surface area contributed by atoms with Crippen molar-refractivity contribution in [2.75, 3.05) is 23.7 Å². The fourth-order valence-corrected chi connectivity index (χ4v) is 3.84. The molecule has 1 fully saturated rings. The summed E-state index contributed by atoms with van der Waals surface area (Å²) in [5.74, 6) is 0.561. The molecule has 0 aliphatic carbocycles. The second-order valence-electron chi connectivity index (χ2n) is 9.87. The molecule has 3 aromatic rings. The predicted molar refractivity (Wildman–Crippen MR) is 140 cm³/mol. The number of piperidine rings is 1. The molecule has 2 amide bonds. The largest absolute Gasteiger partial charge is 0.446 e. The van der Waals surface area contributed by atoms with Crippen molar-refractivity contribution in [1.82, 2.24) is 20.2 Å². The number of alkyl carbamates (subject to hydrolysis) is 1. The number of carbonyl (C=O) groups excluding carboxylic acids is 2. The van der Waals surface area contributed by atoms with E-state index in [1.807, 2.05) is 20.8 Å². The van der Waals surface area contributed by atoms with Crippen LogP contribution >= 0.6 is 0 Å². The number of hydrogen-bond acceptors (Lipinski definition) is 7. The standard InChI is InChI=1S/C27H31FN6O3/c1-27(2,3)33-26(36)37-22-13-16-34(17-14-22)24(35)18-4-8-21(9-5-18)31-25-29-15-12-23(32-25)30-20-10-6-19(28)7-11-20/h4-12,15,22H,13-14,16-17H2,1-3H3,(H,33,36)(H2,29,30,31,32). The number of rotatable bonds is 6. The Morgan fingerprint density at radius 1 is 0.946 bits per heavy atom. The molecule has 37 heavy (non-hydrogen) atoms. The monoisotopic (exact) mass is 506 g/mol. The van der Waals surface area contributed by atoms with Crippen LogP contribution in [0.25, 0.3) is 0 Å². The molecule has 0 saturated carbocycles. The summed E-state index contributed by atoms with van der Waals surface area (Å²) < 4.78 is 18.6. The zero-order valence-electron chi connectivity index (χ0n) is 21.1. The van der Waals surface area contributed by atoms with Crippen LogP contribution < -0.4 is 16.0 Å². The minimum absolute atomic E-state index is 0.0640. The van der Waals surface area contributed by atoms with Gasteiger partial charge in [-0.1, -0.05) is 0 Å². The third kappa shape index (κ3) is 7.63. The highest BCUT2D eigenvalue weighted by Crippen LogP contribution is 2.21. The molecule has 1 saturated heterocycles. The van der Waals surface area contributed by atoms with Crippen LogP contribution in [0.1, 0.15) is 44.0 Å². The first-order chi connectivity index (χ1) is 17.6. The number of carbonyl (C=O) groups is 2. The van der Waals surface area contributed by atoms with Crippen molar-refractivity contribution in [2.24, 2.45) is 0 Å². The lowest BCUT2D eigenvalue weighted by atomic mass is 10.1. The molecule has 2 aromatic carbocycles. The van der Waals surface area contributed by atoms with Gasteiger partial charge in [0.2, 0.25) is 5.95 Å². The molecule has 0 unspecified atom stereocenters. The van der Waals surface area contributed by atoms with E-state index in [0.717, 1.165) is 5.69 Å². The summed E-state index contributed by atoms with van der Waals surface area (Å²) >= 11 is 0. The summed E-state index contributed by atoms with van der Waals surface area (Å²) in [5, 5.41) is 9.02. The van der Waals surface area contributed by atoms with E-state index in [-0.39, 0.29) is 23.4 Å². The van der Waals surface area contributed by atoms with Crippen molar-refractivity contribution >= 4 is 35.1 Å². The zero-order chi connectivity index (χ0) is 26.4. The minimum Gasteiger partial charge on any atom is -0.446 e. The van der Waals surface area contributed by atoms with Gasteiger partial charge in [0.15, 0.2) is 0 Å². The number of amides is 2. The molecule has 9 nitrogen and oxygen atoms in total. The molecule has 0 radical (unpaired) electrons. The maximum Gasteiger partial charge on any atom is 0.407 e. The lowest BCUT2D eigenvalue weighted by molar-refractivity contribution is 0.0404. The van der Waals surface area contributed by atoms with Gasteiger partial charge in [0, 0.05) is 54.6 Å². The van der Waals surface area contributed by atoms with Crippen molar-refractivity contribution in [2.45, 2.75) is 45.3 Å². The number of benzene rings is 2. The number of nitrogens with zero attached hydrogens (tertiary/aromatic N) is 3. The average molecular weight is 507 g/mol. The number of likely N-dealkylation sites (tertiary alicyclic amines) is 1. The van der Waals surface area contributed by atoms with Crippen molar-refractivity contribution in [3.8, 4) is 0 Å². The zero-order valence-corrected chi connectivity index (χ0v) is 21.1. The van der Waals surface area contributed by atoms with Crippen LogP contribution in [0.15, 0.2) is 60.8 Å². The lowest BCUT2D eigenvalue weighted by Gasteiger charge is -2.32. The summed E-state index contributed by atoms with van der Waals surface area (Å²) in [6, 6.07) is 14.8. The topological polar surface area (TPSA) is 108 Å². The van der Waals surface area contributed by atoms with Gasteiger partial charge in [-0.2, -0.15) is 4.98 Å². The highest BCUT2D eigenvalue weighted by Gasteiger charge is 2.27. The van der Waals surface area contributed by atoms with Gasteiger partial charge in [-0.05, 0) is 75.4 Å². The van der Waals surface area contributed by atoms with Crippen LogP contribution in [0.5, 0.6) is 0 Å². The Bertz CT molecular complexity index is 1220. The third-order valence-electron chi connectivity index (χ3n) is 5.64. The van der Waals surface area contributed by atoms with Crippen molar-refractivity contribution in [3.63, 3.8) is 0 Å². The smallest absolute Gasteiger partial charge is 0.407 e. The molecule has 1 aliphatic rings. The molecule has 194 valence electrons.